The molecule has 0 fully saturated rings. The third-order valence-corrected chi connectivity index (χ3v) is 4.50. The summed E-state index contributed by atoms with van der Waals surface area (Å²) in [5.74, 6) is 1.57. The molecule has 2 aromatic rings. The monoisotopic (exact) mass is 411 g/mol. The van der Waals surface area contributed by atoms with E-state index in [-0.39, 0.29) is 6.04 Å². The average Bonchev–Trinajstić information content (AvgIpc) is 2.48. The van der Waals surface area contributed by atoms with Gasteiger partial charge in [-0.2, -0.15) is 0 Å². The lowest BCUT2D eigenvalue weighted by atomic mass is 10.1. The molecule has 0 aromatic heterocycles. The minimum atomic E-state index is 0.182. The highest BCUT2D eigenvalue weighted by Crippen LogP contribution is 2.39. The lowest BCUT2D eigenvalue weighted by molar-refractivity contribution is 0.171. The Morgan fingerprint density at radius 2 is 1.76 bits per heavy atom. The van der Waals surface area contributed by atoms with Crippen LogP contribution in [0.2, 0.25) is 0 Å². The molecule has 1 N–H and O–H groups in total. The van der Waals surface area contributed by atoms with Gasteiger partial charge in [-0.05, 0) is 40.5 Å². The third-order valence-electron chi connectivity index (χ3n) is 3.35. The zero-order valence-corrected chi connectivity index (χ0v) is 14.7. The molecular weight excluding hydrogens is 398 g/mol. The molecule has 0 radical (unpaired) electrons. The van der Waals surface area contributed by atoms with Crippen molar-refractivity contribution < 1.29 is 9.47 Å². The molecular formula is C16H15Br2NO2. The predicted octanol–water partition coefficient (Wildman–Crippen LogP) is 5.16. The Bertz CT molecular complexity index is 661. The van der Waals surface area contributed by atoms with E-state index in [4.69, 9.17) is 9.47 Å². The van der Waals surface area contributed by atoms with Gasteiger partial charge in [-0.25, -0.2) is 0 Å². The van der Waals surface area contributed by atoms with Crippen molar-refractivity contribution in [2.75, 3.05) is 18.5 Å². The summed E-state index contributed by atoms with van der Waals surface area (Å²) >= 11 is 7.09. The SMILES string of the molecule is CC(Nc1cc2c(cc1Br)OCCO2)c1cccc(Br)c1. The van der Waals surface area contributed by atoms with Crippen LogP contribution in [0.25, 0.3) is 0 Å². The molecule has 0 bridgehead atoms. The van der Waals surface area contributed by atoms with E-state index in [0.717, 1.165) is 26.1 Å². The summed E-state index contributed by atoms with van der Waals surface area (Å²) in [6, 6.07) is 12.4. The van der Waals surface area contributed by atoms with Gasteiger partial charge in [-0.1, -0.05) is 28.1 Å². The van der Waals surface area contributed by atoms with Crippen LogP contribution in [0.1, 0.15) is 18.5 Å². The number of benzene rings is 2. The zero-order chi connectivity index (χ0) is 14.8. The van der Waals surface area contributed by atoms with Gasteiger partial charge in [0.25, 0.3) is 0 Å². The fraction of sp³-hybridized carbons (Fsp3) is 0.250. The van der Waals surface area contributed by atoms with Crippen LogP contribution in [0.4, 0.5) is 5.69 Å². The van der Waals surface area contributed by atoms with E-state index < -0.39 is 0 Å². The molecule has 0 amide bonds. The summed E-state index contributed by atoms with van der Waals surface area (Å²) < 4.78 is 13.3. The second kappa shape index (κ2) is 6.28. The first kappa shape index (κ1) is 14.7. The summed E-state index contributed by atoms with van der Waals surface area (Å²) in [5.41, 5.74) is 2.21. The molecule has 1 atom stereocenters. The Morgan fingerprint density at radius 3 is 2.48 bits per heavy atom. The number of hydrogen-bond acceptors (Lipinski definition) is 3. The van der Waals surface area contributed by atoms with E-state index in [1.807, 2.05) is 24.3 Å². The average molecular weight is 413 g/mol. The number of anilines is 1. The maximum absolute atomic E-state index is 5.63. The molecule has 110 valence electrons. The van der Waals surface area contributed by atoms with Crippen LogP contribution >= 0.6 is 31.9 Å². The quantitative estimate of drug-likeness (QED) is 0.755. The first-order valence-corrected chi connectivity index (χ1v) is 8.33. The fourth-order valence-corrected chi connectivity index (χ4v) is 3.12. The highest BCUT2D eigenvalue weighted by Gasteiger charge is 2.16. The minimum absolute atomic E-state index is 0.182. The summed E-state index contributed by atoms with van der Waals surface area (Å²) in [5, 5.41) is 3.50. The molecule has 0 saturated carbocycles. The van der Waals surface area contributed by atoms with Crippen LogP contribution in [-0.4, -0.2) is 13.2 Å². The highest BCUT2D eigenvalue weighted by atomic mass is 79.9. The second-order valence-corrected chi connectivity index (χ2v) is 6.67. The molecule has 0 saturated heterocycles. The molecule has 1 aliphatic rings. The molecule has 5 heteroatoms. The fourth-order valence-electron chi connectivity index (χ4n) is 2.27. The third kappa shape index (κ3) is 3.35. The predicted molar refractivity (Wildman–Crippen MR) is 91.3 cm³/mol. The molecule has 3 nitrogen and oxygen atoms in total. The molecule has 1 aliphatic heterocycles. The van der Waals surface area contributed by atoms with E-state index in [0.29, 0.717) is 13.2 Å². The maximum atomic E-state index is 5.63. The van der Waals surface area contributed by atoms with Gasteiger partial charge in [0.15, 0.2) is 11.5 Å². The molecule has 3 rings (SSSR count). The van der Waals surface area contributed by atoms with Crippen LogP contribution < -0.4 is 14.8 Å². The van der Waals surface area contributed by atoms with E-state index in [1.165, 1.54) is 5.56 Å². The number of rotatable bonds is 3. The summed E-state index contributed by atoms with van der Waals surface area (Å²) in [7, 11) is 0. The van der Waals surface area contributed by atoms with Gasteiger partial charge in [-0.3, -0.25) is 0 Å². The van der Waals surface area contributed by atoms with E-state index >= 15 is 0 Å². The molecule has 0 spiro atoms. The summed E-state index contributed by atoms with van der Waals surface area (Å²) in [6.07, 6.45) is 0. The zero-order valence-electron chi connectivity index (χ0n) is 11.5. The van der Waals surface area contributed by atoms with Crippen molar-refractivity contribution in [3.63, 3.8) is 0 Å². The van der Waals surface area contributed by atoms with Gasteiger partial charge < -0.3 is 14.8 Å². The van der Waals surface area contributed by atoms with Crippen molar-refractivity contribution >= 4 is 37.5 Å². The smallest absolute Gasteiger partial charge is 0.163 e. The van der Waals surface area contributed by atoms with Gasteiger partial charge in [0.2, 0.25) is 0 Å². The van der Waals surface area contributed by atoms with Crippen molar-refractivity contribution in [2.24, 2.45) is 0 Å². The van der Waals surface area contributed by atoms with Gasteiger partial charge in [0, 0.05) is 27.1 Å². The van der Waals surface area contributed by atoms with Crippen molar-refractivity contribution in [3.05, 3.63) is 50.9 Å². The highest BCUT2D eigenvalue weighted by molar-refractivity contribution is 9.10. The second-order valence-electron chi connectivity index (χ2n) is 4.90. The molecule has 21 heavy (non-hydrogen) atoms. The van der Waals surface area contributed by atoms with Crippen molar-refractivity contribution in [1.29, 1.82) is 0 Å². The molecule has 1 heterocycles. The minimum Gasteiger partial charge on any atom is -0.486 e. The summed E-state index contributed by atoms with van der Waals surface area (Å²) in [4.78, 5) is 0. The topological polar surface area (TPSA) is 30.5 Å². The number of halogens is 2. The van der Waals surface area contributed by atoms with Crippen LogP contribution in [0.3, 0.4) is 0 Å². The number of hydrogen-bond donors (Lipinski definition) is 1. The first-order valence-electron chi connectivity index (χ1n) is 6.74. The molecule has 2 aromatic carbocycles. The van der Waals surface area contributed by atoms with Gasteiger partial charge in [0.1, 0.15) is 13.2 Å². The number of ether oxygens (including phenoxy) is 2. The molecule has 0 aliphatic carbocycles. The number of fused-ring (bicyclic) bond motifs is 1. The van der Waals surface area contributed by atoms with Gasteiger partial charge in [0.05, 0.1) is 5.69 Å². The van der Waals surface area contributed by atoms with Crippen LogP contribution in [0, 0.1) is 0 Å². The Labute approximate surface area is 140 Å². The Balaban J connectivity index is 1.84. The Kier molecular flexibility index (Phi) is 4.40. The van der Waals surface area contributed by atoms with Gasteiger partial charge >= 0.3 is 0 Å². The lowest BCUT2D eigenvalue weighted by Gasteiger charge is -2.22. The van der Waals surface area contributed by atoms with Crippen LogP contribution in [-0.2, 0) is 0 Å². The van der Waals surface area contributed by atoms with Gasteiger partial charge in [-0.15, -0.1) is 0 Å². The lowest BCUT2D eigenvalue weighted by Crippen LogP contribution is -2.16. The van der Waals surface area contributed by atoms with Crippen molar-refractivity contribution in [2.45, 2.75) is 13.0 Å². The van der Waals surface area contributed by atoms with E-state index in [9.17, 15) is 0 Å². The Hall–Kier alpha value is -1.20. The van der Waals surface area contributed by atoms with Crippen LogP contribution in [0.5, 0.6) is 11.5 Å². The number of nitrogens with one attached hydrogen (secondary N) is 1. The van der Waals surface area contributed by atoms with E-state index in [1.54, 1.807) is 0 Å². The van der Waals surface area contributed by atoms with Crippen molar-refractivity contribution in [3.8, 4) is 11.5 Å². The molecule has 1 unspecified atom stereocenters. The summed E-state index contributed by atoms with van der Waals surface area (Å²) in [6.45, 7) is 3.32. The first-order chi connectivity index (χ1) is 10.1. The maximum Gasteiger partial charge on any atom is 0.163 e. The van der Waals surface area contributed by atoms with Crippen molar-refractivity contribution in [1.82, 2.24) is 0 Å². The van der Waals surface area contributed by atoms with Crippen LogP contribution in [0.15, 0.2) is 45.3 Å². The van der Waals surface area contributed by atoms with E-state index in [2.05, 4.69) is 56.2 Å². The Morgan fingerprint density at radius 1 is 1.05 bits per heavy atom. The normalized spacial score (nSPS) is 14.6. The standard InChI is InChI=1S/C16H15Br2NO2/c1-10(11-3-2-4-12(17)7-11)19-14-9-16-15(8-13(14)18)20-5-6-21-16/h2-4,7-10,19H,5-6H2,1H3. The largest absolute Gasteiger partial charge is 0.486 e.